The lowest BCUT2D eigenvalue weighted by Crippen LogP contribution is -2.00. The van der Waals surface area contributed by atoms with E-state index in [-0.39, 0.29) is 17.1 Å². The number of halogens is 1. The van der Waals surface area contributed by atoms with Crippen LogP contribution < -0.4 is 4.74 Å². The van der Waals surface area contributed by atoms with E-state index in [2.05, 4.69) is 4.98 Å². The lowest BCUT2D eigenvalue weighted by atomic mass is 10.3. The molecule has 0 atom stereocenters. The van der Waals surface area contributed by atoms with Crippen LogP contribution in [0.15, 0.2) is 12.1 Å². The van der Waals surface area contributed by atoms with Crippen LogP contribution in [0, 0.1) is 11.3 Å². The van der Waals surface area contributed by atoms with Crippen LogP contribution in [0.2, 0.25) is 0 Å². The van der Waals surface area contributed by atoms with E-state index in [0.29, 0.717) is 0 Å². The maximum atomic E-state index is 10.8. The van der Waals surface area contributed by atoms with Gasteiger partial charge in [0.25, 0.3) is 5.24 Å². The van der Waals surface area contributed by atoms with Crippen molar-refractivity contribution in [3.8, 4) is 11.8 Å². The Bertz CT molecular complexity index is 384. The van der Waals surface area contributed by atoms with Gasteiger partial charge in [-0.25, -0.2) is 4.98 Å². The van der Waals surface area contributed by atoms with Gasteiger partial charge in [-0.2, -0.15) is 5.26 Å². The van der Waals surface area contributed by atoms with Gasteiger partial charge in [0.05, 0.1) is 7.11 Å². The monoisotopic (exact) mass is 196 g/mol. The Kier molecular flexibility index (Phi) is 2.83. The maximum absolute atomic E-state index is 10.8. The molecule has 0 aliphatic carbocycles. The fraction of sp³-hybridized carbons (Fsp3) is 0.125. The highest BCUT2D eigenvalue weighted by atomic mass is 35.5. The predicted molar refractivity (Wildman–Crippen MR) is 45.7 cm³/mol. The number of nitrogens with zero attached hydrogens (tertiary/aromatic N) is 2. The third kappa shape index (κ3) is 1.95. The third-order valence-electron chi connectivity index (χ3n) is 1.38. The normalized spacial score (nSPS) is 9.00. The minimum atomic E-state index is -0.742. The SMILES string of the molecule is COc1ccc(C#N)nc1C(=O)Cl. The maximum Gasteiger partial charge on any atom is 0.274 e. The number of methoxy groups -OCH3 is 1. The number of aromatic nitrogens is 1. The number of ether oxygens (including phenoxy) is 1. The molecule has 0 spiro atoms. The molecule has 0 amide bonds. The van der Waals surface area contributed by atoms with Gasteiger partial charge < -0.3 is 4.74 Å². The average molecular weight is 197 g/mol. The number of carbonyl (C=O) groups is 1. The van der Waals surface area contributed by atoms with Crippen molar-refractivity contribution in [2.75, 3.05) is 7.11 Å². The molecule has 0 aliphatic heterocycles. The van der Waals surface area contributed by atoms with Crippen LogP contribution in [0.25, 0.3) is 0 Å². The summed E-state index contributed by atoms with van der Waals surface area (Å²) in [6.45, 7) is 0. The smallest absolute Gasteiger partial charge is 0.274 e. The van der Waals surface area contributed by atoms with E-state index in [9.17, 15) is 4.79 Å². The van der Waals surface area contributed by atoms with Crippen molar-refractivity contribution < 1.29 is 9.53 Å². The molecule has 1 heterocycles. The minimum Gasteiger partial charge on any atom is -0.494 e. The quantitative estimate of drug-likeness (QED) is 0.670. The van der Waals surface area contributed by atoms with Gasteiger partial charge in [0, 0.05) is 0 Å². The molecule has 0 bridgehead atoms. The first kappa shape index (κ1) is 9.49. The van der Waals surface area contributed by atoms with Gasteiger partial charge in [-0.1, -0.05) is 0 Å². The van der Waals surface area contributed by atoms with Crippen molar-refractivity contribution in [3.63, 3.8) is 0 Å². The molecule has 1 aromatic heterocycles. The van der Waals surface area contributed by atoms with Crippen molar-refractivity contribution in [1.82, 2.24) is 4.98 Å². The predicted octanol–water partition coefficient (Wildman–Crippen LogP) is 1.34. The Morgan fingerprint density at radius 1 is 1.69 bits per heavy atom. The van der Waals surface area contributed by atoms with E-state index in [1.165, 1.54) is 19.2 Å². The van der Waals surface area contributed by atoms with Crippen LogP contribution >= 0.6 is 11.6 Å². The summed E-state index contributed by atoms with van der Waals surface area (Å²) in [6, 6.07) is 4.72. The van der Waals surface area contributed by atoms with Gasteiger partial charge >= 0.3 is 0 Å². The van der Waals surface area contributed by atoms with Crippen molar-refractivity contribution in [2.45, 2.75) is 0 Å². The Morgan fingerprint density at radius 3 is 2.85 bits per heavy atom. The Balaban J connectivity index is 3.28. The molecule has 0 unspecified atom stereocenters. The summed E-state index contributed by atoms with van der Waals surface area (Å²) >= 11 is 5.23. The molecule has 66 valence electrons. The van der Waals surface area contributed by atoms with Crippen LogP contribution in [0.3, 0.4) is 0 Å². The number of rotatable bonds is 2. The summed E-state index contributed by atoms with van der Waals surface area (Å²) in [6.07, 6.45) is 0. The lowest BCUT2D eigenvalue weighted by molar-refractivity contribution is 0.107. The highest BCUT2D eigenvalue weighted by Gasteiger charge is 2.12. The van der Waals surface area contributed by atoms with Crippen molar-refractivity contribution in [1.29, 1.82) is 5.26 Å². The largest absolute Gasteiger partial charge is 0.494 e. The summed E-state index contributed by atoms with van der Waals surface area (Å²) in [5.74, 6) is 0.263. The fourth-order valence-corrected chi connectivity index (χ4v) is 0.950. The first-order chi connectivity index (χ1) is 6.19. The molecular weight excluding hydrogens is 192 g/mol. The zero-order valence-electron chi connectivity index (χ0n) is 6.74. The van der Waals surface area contributed by atoms with Gasteiger partial charge in [-0.3, -0.25) is 4.79 Å². The van der Waals surface area contributed by atoms with Gasteiger partial charge in [0.15, 0.2) is 5.69 Å². The summed E-state index contributed by atoms with van der Waals surface area (Å²) in [5.41, 5.74) is 0.0908. The summed E-state index contributed by atoms with van der Waals surface area (Å²) < 4.78 is 4.83. The minimum absolute atomic E-state index is 0.0387. The Hall–Kier alpha value is -1.60. The molecule has 0 aliphatic rings. The summed E-state index contributed by atoms with van der Waals surface area (Å²) in [7, 11) is 1.40. The molecule has 4 nitrogen and oxygen atoms in total. The molecule has 1 rings (SSSR count). The Labute approximate surface area is 79.7 Å². The zero-order chi connectivity index (χ0) is 9.84. The highest BCUT2D eigenvalue weighted by molar-refractivity contribution is 6.67. The van der Waals surface area contributed by atoms with E-state index in [1.807, 2.05) is 0 Å². The molecule has 0 radical (unpaired) electrons. The van der Waals surface area contributed by atoms with Crippen LogP contribution in [0.5, 0.6) is 5.75 Å². The lowest BCUT2D eigenvalue weighted by Gasteiger charge is -2.02. The molecule has 0 N–H and O–H groups in total. The van der Waals surface area contributed by atoms with E-state index >= 15 is 0 Å². The number of carbonyl (C=O) groups excluding carboxylic acids is 1. The fourth-order valence-electron chi connectivity index (χ4n) is 0.814. The zero-order valence-corrected chi connectivity index (χ0v) is 7.50. The van der Waals surface area contributed by atoms with Crippen LogP contribution in [-0.4, -0.2) is 17.3 Å². The molecule has 0 aromatic carbocycles. The van der Waals surface area contributed by atoms with Gasteiger partial charge in [-0.05, 0) is 23.7 Å². The van der Waals surface area contributed by atoms with Gasteiger partial charge in [0.1, 0.15) is 17.5 Å². The molecule has 1 aromatic rings. The highest BCUT2D eigenvalue weighted by Crippen LogP contribution is 2.17. The first-order valence-corrected chi connectivity index (χ1v) is 3.71. The molecule has 5 heteroatoms. The number of nitriles is 1. The first-order valence-electron chi connectivity index (χ1n) is 3.34. The van der Waals surface area contributed by atoms with Crippen LogP contribution in [0.1, 0.15) is 16.2 Å². The van der Waals surface area contributed by atoms with E-state index < -0.39 is 5.24 Å². The number of hydrogen-bond donors (Lipinski definition) is 0. The molecule has 0 saturated heterocycles. The second-order valence-electron chi connectivity index (χ2n) is 2.13. The van der Waals surface area contributed by atoms with E-state index in [4.69, 9.17) is 21.6 Å². The average Bonchev–Trinajstić information content (AvgIpc) is 2.16. The second kappa shape index (κ2) is 3.87. The third-order valence-corrected chi connectivity index (χ3v) is 1.56. The molecule has 0 fully saturated rings. The molecular formula is C8H5ClN2O2. The van der Waals surface area contributed by atoms with Crippen LogP contribution in [0.4, 0.5) is 0 Å². The van der Waals surface area contributed by atoms with Crippen LogP contribution in [-0.2, 0) is 0 Å². The number of hydrogen-bond acceptors (Lipinski definition) is 4. The number of pyridine rings is 1. The van der Waals surface area contributed by atoms with Gasteiger partial charge in [-0.15, -0.1) is 0 Å². The van der Waals surface area contributed by atoms with Crippen molar-refractivity contribution in [2.24, 2.45) is 0 Å². The standard InChI is InChI=1S/C8H5ClN2O2/c1-13-6-3-2-5(4-10)11-7(6)8(9)12/h2-3H,1H3. The molecule has 0 saturated carbocycles. The summed E-state index contributed by atoms with van der Waals surface area (Å²) in [5, 5.41) is 7.76. The van der Waals surface area contributed by atoms with E-state index in [0.717, 1.165) is 0 Å². The van der Waals surface area contributed by atoms with Gasteiger partial charge in [0.2, 0.25) is 0 Å². The van der Waals surface area contributed by atoms with Crippen molar-refractivity contribution in [3.05, 3.63) is 23.5 Å². The topological polar surface area (TPSA) is 63.0 Å². The van der Waals surface area contributed by atoms with E-state index in [1.54, 1.807) is 6.07 Å². The molecule has 13 heavy (non-hydrogen) atoms. The Morgan fingerprint density at radius 2 is 2.38 bits per heavy atom. The second-order valence-corrected chi connectivity index (χ2v) is 2.48. The summed E-state index contributed by atoms with van der Waals surface area (Å²) in [4.78, 5) is 14.5. The van der Waals surface area contributed by atoms with Crippen molar-refractivity contribution >= 4 is 16.8 Å².